The first-order chi connectivity index (χ1) is 12.3. The summed E-state index contributed by atoms with van der Waals surface area (Å²) in [6.07, 6.45) is 4.09. The number of ether oxygens (including phenoxy) is 1. The van der Waals surface area contributed by atoms with Crippen LogP contribution in [-0.2, 0) is 9.53 Å². The lowest BCUT2D eigenvalue weighted by Gasteiger charge is -2.35. The second kappa shape index (κ2) is 7.37. The molecule has 0 bridgehead atoms. The Morgan fingerprint density at radius 1 is 1.28 bits per heavy atom. The van der Waals surface area contributed by atoms with Crippen molar-refractivity contribution in [3.8, 4) is 0 Å². The third-order valence-electron chi connectivity index (χ3n) is 4.93. The predicted molar refractivity (Wildman–Crippen MR) is 93.6 cm³/mol. The molecule has 2 saturated heterocycles. The summed E-state index contributed by atoms with van der Waals surface area (Å²) in [6, 6.07) is 6.04. The predicted octanol–water partition coefficient (Wildman–Crippen LogP) is 0.147. The summed E-state index contributed by atoms with van der Waals surface area (Å²) in [6.45, 7) is 5.41. The lowest BCUT2D eigenvalue weighted by atomic mass is 10.2. The molecule has 25 heavy (non-hydrogen) atoms. The molecule has 2 aliphatic rings. The van der Waals surface area contributed by atoms with Crippen LogP contribution in [0.3, 0.4) is 0 Å². The SMILES string of the molecule is O=C(CN1CCN(c2cccc3nncn23)CC1)NCC1CCCO1. The molecule has 1 N–H and O–H groups in total. The highest BCUT2D eigenvalue weighted by atomic mass is 16.5. The summed E-state index contributed by atoms with van der Waals surface area (Å²) in [7, 11) is 0. The van der Waals surface area contributed by atoms with Gasteiger partial charge in [0.2, 0.25) is 5.91 Å². The van der Waals surface area contributed by atoms with E-state index in [1.165, 1.54) is 0 Å². The lowest BCUT2D eigenvalue weighted by molar-refractivity contribution is -0.122. The molecule has 0 aromatic carbocycles. The maximum absolute atomic E-state index is 12.1. The zero-order valence-electron chi connectivity index (χ0n) is 14.3. The number of piperazine rings is 1. The third-order valence-corrected chi connectivity index (χ3v) is 4.93. The highest BCUT2D eigenvalue weighted by Gasteiger charge is 2.21. The quantitative estimate of drug-likeness (QED) is 0.832. The van der Waals surface area contributed by atoms with Crippen molar-refractivity contribution in [3.63, 3.8) is 0 Å². The smallest absolute Gasteiger partial charge is 0.234 e. The number of rotatable bonds is 5. The molecule has 2 aromatic rings. The summed E-state index contributed by atoms with van der Waals surface area (Å²) >= 11 is 0. The molecule has 134 valence electrons. The van der Waals surface area contributed by atoms with Gasteiger partial charge in [0.1, 0.15) is 12.1 Å². The van der Waals surface area contributed by atoms with E-state index in [1.807, 2.05) is 16.5 Å². The fraction of sp³-hybridized carbons (Fsp3) is 0.588. The van der Waals surface area contributed by atoms with Gasteiger partial charge in [-0.3, -0.25) is 14.1 Å². The van der Waals surface area contributed by atoms with Crippen LogP contribution >= 0.6 is 0 Å². The number of nitrogens with one attached hydrogen (secondary N) is 1. The number of amides is 1. The normalized spacial score (nSPS) is 21.8. The molecular weight excluding hydrogens is 320 g/mol. The van der Waals surface area contributed by atoms with Gasteiger partial charge < -0.3 is 15.0 Å². The topological polar surface area (TPSA) is 75.0 Å². The Morgan fingerprint density at radius 2 is 2.16 bits per heavy atom. The summed E-state index contributed by atoms with van der Waals surface area (Å²) in [4.78, 5) is 16.6. The van der Waals surface area contributed by atoms with Gasteiger partial charge in [0.25, 0.3) is 0 Å². The van der Waals surface area contributed by atoms with Gasteiger partial charge in [0.05, 0.1) is 12.6 Å². The first-order valence-corrected chi connectivity index (χ1v) is 8.94. The number of anilines is 1. The van der Waals surface area contributed by atoms with Gasteiger partial charge in [-0.15, -0.1) is 10.2 Å². The maximum atomic E-state index is 12.1. The number of nitrogens with zero attached hydrogens (tertiary/aromatic N) is 5. The number of pyridine rings is 1. The molecule has 1 amide bonds. The van der Waals surface area contributed by atoms with Gasteiger partial charge in [-0.1, -0.05) is 6.07 Å². The monoisotopic (exact) mass is 344 g/mol. The summed E-state index contributed by atoms with van der Waals surface area (Å²) in [5.41, 5.74) is 0.855. The Balaban J connectivity index is 1.26. The highest BCUT2D eigenvalue weighted by Crippen LogP contribution is 2.17. The number of carbonyl (C=O) groups excluding carboxylic acids is 1. The van der Waals surface area contributed by atoms with Gasteiger partial charge in [0, 0.05) is 39.3 Å². The van der Waals surface area contributed by atoms with Crippen LogP contribution in [0.4, 0.5) is 5.82 Å². The Kier molecular flexibility index (Phi) is 4.80. The van der Waals surface area contributed by atoms with E-state index in [0.29, 0.717) is 13.1 Å². The second-order valence-corrected chi connectivity index (χ2v) is 6.65. The Labute approximate surface area is 146 Å². The Morgan fingerprint density at radius 3 is 2.96 bits per heavy atom. The molecule has 1 unspecified atom stereocenters. The molecule has 1 atom stereocenters. The fourth-order valence-corrected chi connectivity index (χ4v) is 3.52. The van der Waals surface area contributed by atoms with Gasteiger partial charge in [-0.05, 0) is 25.0 Å². The van der Waals surface area contributed by atoms with Crippen molar-refractivity contribution in [2.75, 3.05) is 50.8 Å². The molecule has 0 saturated carbocycles. The highest BCUT2D eigenvalue weighted by molar-refractivity contribution is 5.78. The van der Waals surface area contributed by atoms with E-state index < -0.39 is 0 Å². The maximum Gasteiger partial charge on any atom is 0.234 e. The molecule has 2 aliphatic heterocycles. The summed E-state index contributed by atoms with van der Waals surface area (Å²) < 4.78 is 7.54. The van der Waals surface area contributed by atoms with Crippen molar-refractivity contribution in [1.82, 2.24) is 24.8 Å². The standard InChI is InChI=1S/C17H24N6O2/c24-16(18-11-14-3-2-10-25-14)12-21-6-8-22(9-7-21)17-5-1-4-15-20-19-13-23(15)17/h1,4-5,13-14H,2-3,6-12H2,(H,18,24). The molecule has 4 heterocycles. The number of carbonyl (C=O) groups is 1. The number of hydrogen-bond acceptors (Lipinski definition) is 6. The fourth-order valence-electron chi connectivity index (χ4n) is 3.52. The molecule has 8 nitrogen and oxygen atoms in total. The third kappa shape index (κ3) is 3.74. The molecule has 0 spiro atoms. The van der Waals surface area contributed by atoms with Gasteiger partial charge in [-0.25, -0.2) is 0 Å². The van der Waals surface area contributed by atoms with E-state index in [-0.39, 0.29) is 12.0 Å². The number of hydrogen-bond donors (Lipinski definition) is 1. The van der Waals surface area contributed by atoms with E-state index in [0.717, 1.165) is 57.1 Å². The molecule has 2 fully saturated rings. The molecule has 2 aromatic heterocycles. The van der Waals surface area contributed by atoms with Crippen LogP contribution in [0.25, 0.3) is 5.65 Å². The lowest BCUT2D eigenvalue weighted by Crippen LogP contribution is -2.50. The van der Waals surface area contributed by atoms with E-state index in [9.17, 15) is 4.79 Å². The van der Waals surface area contributed by atoms with Crippen LogP contribution in [-0.4, -0.2) is 77.4 Å². The minimum absolute atomic E-state index is 0.0878. The summed E-state index contributed by atoms with van der Waals surface area (Å²) in [5.74, 6) is 1.19. The number of aromatic nitrogens is 3. The van der Waals surface area contributed by atoms with Crippen molar-refractivity contribution in [3.05, 3.63) is 24.5 Å². The average molecular weight is 344 g/mol. The molecular formula is C17H24N6O2. The first kappa shape index (κ1) is 16.3. The first-order valence-electron chi connectivity index (χ1n) is 8.94. The minimum Gasteiger partial charge on any atom is -0.376 e. The van der Waals surface area contributed by atoms with Crippen molar-refractivity contribution in [2.45, 2.75) is 18.9 Å². The Hall–Kier alpha value is -2.19. The zero-order valence-corrected chi connectivity index (χ0v) is 14.3. The van der Waals surface area contributed by atoms with Crippen LogP contribution < -0.4 is 10.2 Å². The van der Waals surface area contributed by atoms with Crippen molar-refractivity contribution >= 4 is 17.4 Å². The van der Waals surface area contributed by atoms with E-state index in [2.05, 4.69) is 31.4 Å². The van der Waals surface area contributed by atoms with Crippen molar-refractivity contribution < 1.29 is 9.53 Å². The van der Waals surface area contributed by atoms with E-state index in [4.69, 9.17) is 4.74 Å². The van der Waals surface area contributed by atoms with Crippen molar-refractivity contribution in [2.24, 2.45) is 0 Å². The van der Waals surface area contributed by atoms with Crippen LogP contribution in [0.2, 0.25) is 0 Å². The van der Waals surface area contributed by atoms with Crippen LogP contribution in [0.1, 0.15) is 12.8 Å². The van der Waals surface area contributed by atoms with Crippen LogP contribution in [0.15, 0.2) is 24.5 Å². The number of fused-ring (bicyclic) bond motifs is 1. The van der Waals surface area contributed by atoms with Gasteiger partial charge in [0.15, 0.2) is 5.65 Å². The second-order valence-electron chi connectivity index (χ2n) is 6.65. The van der Waals surface area contributed by atoms with E-state index in [1.54, 1.807) is 6.33 Å². The minimum atomic E-state index is 0.0878. The molecule has 8 heteroatoms. The molecule has 0 aliphatic carbocycles. The van der Waals surface area contributed by atoms with Crippen LogP contribution in [0.5, 0.6) is 0 Å². The van der Waals surface area contributed by atoms with Crippen molar-refractivity contribution in [1.29, 1.82) is 0 Å². The molecule has 4 rings (SSSR count). The van der Waals surface area contributed by atoms with Gasteiger partial charge >= 0.3 is 0 Å². The van der Waals surface area contributed by atoms with Gasteiger partial charge in [-0.2, -0.15) is 0 Å². The summed E-state index contributed by atoms with van der Waals surface area (Å²) in [5, 5.41) is 11.1. The average Bonchev–Trinajstić information content (AvgIpc) is 3.32. The Bertz CT molecular complexity index is 719. The van der Waals surface area contributed by atoms with Crippen LogP contribution in [0, 0.1) is 0 Å². The zero-order chi connectivity index (χ0) is 17.1. The molecule has 0 radical (unpaired) electrons. The van der Waals surface area contributed by atoms with E-state index >= 15 is 0 Å². The largest absolute Gasteiger partial charge is 0.376 e.